The summed E-state index contributed by atoms with van der Waals surface area (Å²) in [6.45, 7) is 0. The second-order valence-corrected chi connectivity index (χ2v) is 3.55. The molecule has 4 nitrogen and oxygen atoms in total. The summed E-state index contributed by atoms with van der Waals surface area (Å²) in [5.41, 5.74) is -0.697. The van der Waals surface area contributed by atoms with Gasteiger partial charge in [-0.3, -0.25) is 9.78 Å². The zero-order valence-corrected chi connectivity index (χ0v) is 9.54. The minimum absolute atomic E-state index is 0.139. The van der Waals surface area contributed by atoms with Gasteiger partial charge in [0.1, 0.15) is 5.75 Å². The molecule has 0 aromatic carbocycles. The van der Waals surface area contributed by atoms with Crippen LogP contribution in [0.15, 0.2) is 6.20 Å². The number of aliphatic carboxylic acids is 1. The van der Waals surface area contributed by atoms with Crippen LogP contribution in [0.1, 0.15) is 23.2 Å². The summed E-state index contributed by atoms with van der Waals surface area (Å²) in [7, 11) is 0. The summed E-state index contributed by atoms with van der Waals surface area (Å²) in [6.07, 6.45) is -2.63. The van der Waals surface area contributed by atoms with E-state index in [-0.39, 0.29) is 16.6 Å². The molecule has 0 bridgehead atoms. The molecular weight excluding hydrogens is 288 g/mol. The fourth-order valence-corrected chi connectivity index (χ4v) is 1.63. The molecule has 0 fully saturated rings. The minimum atomic E-state index is -2.86. The Morgan fingerprint density at radius 1 is 1.56 bits per heavy atom. The van der Waals surface area contributed by atoms with Gasteiger partial charge in [-0.15, -0.1) is 0 Å². The number of aromatic hydroxyl groups is 1. The van der Waals surface area contributed by atoms with E-state index in [1.807, 2.05) is 0 Å². The van der Waals surface area contributed by atoms with Crippen LogP contribution < -0.4 is 0 Å². The second kappa shape index (κ2) is 5.20. The molecule has 2 N–H and O–H groups in total. The Morgan fingerprint density at radius 3 is 2.62 bits per heavy atom. The quantitative estimate of drug-likeness (QED) is 0.836. The van der Waals surface area contributed by atoms with E-state index in [1.54, 1.807) is 0 Å². The third-order valence-electron chi connectivity index (χ3n) is 1.96. The van der Waals surface area contributed by atoms with Gasteiger partial charge in [0.15, 0.2) is 0 Å². The van der Waals surface area contributed by atoms with Crippen molar-refractivity contribution in [2.75, 3.05) is 0 Å². The standard InChI is InChI=1S/C9H8BrF2NO3/c10-2-6-8(16)4(1-7(14)15)5(3-13-6)9(11)12/h3,9,16H,1-2H2,(H,14,15). The summed E-state index contributed by atoms with van der Waals surface area (Å²) in [4.78, 5) is 14.1. The molecule has 7 heteroatoms. The van der Waals surface area contributed by atoms with Gasteiger partial charge in [-0.05, 0) is 0 Å². The van der Waals surface area contributed by atoms with E-state index >= 15 is 0 Å². The number of aromatic nitrogens is 1. The number of hydrogen-bond acceptors (Lipinski definition) is 3. The number of alkyl halides is 3. The molecule has 0 aliphatic rings. The van der Waals surface area contributed by atoms with Crippen molar-refractivity contribution in [3.8, 4) is 5.75 Å². The molecule has 0 radical (unpaired) electrons. The lowest BCUT2D eigenvalue weighted by Crippen LogP contribution is -2.06. The number of halogens is 3. The number of rotatable bonds is 4. The Bertz CT molecular complexity index is 412. The van der Waals surface area contributed by atoms with Gasteiger partial charge in [0.05, 0.1) is 12.1 Å². The number of hydrogen-bond donors (Lipinski definition) is 2. The smallest absolute Gasteiger partial charge is 0.307 e. The molecule has 88 valence electrons. The zero-order chi connectivity index (χ0) is 12.3. The first-order chi connectivity index (χ1) is 7.47. The molecule has 16 heavy (non-hydrogen) atoms. The number of nitrogens with zero attached hydrogens (tertiary/aromatic N) is 1. The first-order valence-electron chi connectivity index (χ1n) is 4.22. The fraction of sp³-hybridized carbons (Fsp3) is 0.333. The maximum atomic E-state index is 12.5. The second-order valence-electron chi connectivity index (χ2n) is 2.99. The summed E-state index contributed by atoms with van der Waals surface area (Å²) < 4.78 is 25.1. The lowest BCUT2D eigenvalue weighted by molar-refractivity contribution is -0.136. The molecule has 1 aromatic heterocycles. The predicted molar refractivity (Wildman–Crippen MR) is 54.8 cm³/mol. The van der Waals surface area contributed by atoms with Crippen molar-refractivity contribution in [1.29, 1.82) is 0 Å². The van der Waals surface area contributed by atoms with Gasteiger partial charge in [-0.2, -0.15) is 0 Å². The molecule has 0 saturated carbocycles. The Labute approximate surface area is 98.1 Å². The van der Waals surface area contributed by atoms with E-state index in [0.717, 1.165) is 6.20 Å². The van der Waals surface area contributed by atoms with Crippen LogP contribution in [0.4, 0.5) is 8.78 Å². The van der Waals surface area contributed by atoms with Crippen LogP contribution in [0.25, 0.3) is 0 Å². The van der Waals surface area contributed by atoms with Gasteiger partial charge in [0.25, 0.3) is 6.43 Å². The Balaban J connectivity index is 3.30. The average Bonchev–Trinajstić information content (AvgIpc) is 2.19. The molecule has 0 aliphatic heterocycles. The van der Waals surface area contributed by atoms with Crippen molar-refractivity contribution in [3.05, 3.63) is 23.0 Å². The van der Waals surface area contributed by atoms with Crippen molar-refractivity contribution in [1.82, 2.24) is 4.98 Å². The highest BCUT2D eigenvalue weighted by Crippen LogP contribution is 2.31. The molecule has 1 aromatic rings. The number of carboxylic acid groups (broad SMARTS) is 1. The number of pyridine rings is 1. The summed E-state index contributed by atoms with van der Waals surface area (Å²) >= 11 is 3.01. The van der Waals surface area contributed by atoms with Gasteiger partial charge in [0, 0.05) is 22.7 Å². The van der Waals surface area contributed by atoms with Crippen molar-refractivity contribution in [3.63, 3.8) is 0 Å². The predicted octanol–water partition coefficient (Wildman–Crippen LogP) is 2.25. The third-order valence-corrected chi connectivity index (χ3v) is 2.49. The van der Waals surface area contributed by atoms with E-state index in [0.29, 0.717) is 0 Å². The monoisotopic (exact) mass is 295 g/mol. The lowest BCUT2D eigenvalue weighted by Gasteiger charge is -2.11. The molecule has 0 amide bonds. The summed E-state index contributed by atoms with van der Waals surface area (Å²) in [5.74, 6) is -1.78. The van der Waals surface area contributed by atoms with Crippen LogP contribution in [0, 0.1) is 0 Å². The van der Waals surface area contributed by atoms with Gasteiger partial charge < -0.3 is 10.2 Å². The summed E-state index contributed by atoms with van der Waals surface area (Å²) in [6, 6.07) is 0. The van der Waals surface area contributed by atoms with Crippen LogP contribution in [0.2, 0.25) is 0 Å². The van der Waals surface area contributed by atoms with Crippen LogP contribution in [-0.4, -0.2) is 21.2 Å². The zero-order valence-electron chi connectivity index (χ0n) is 7.95. The van der Waals surface area contributed by atoms with E-state index in [1.165, 1.54) is 0 Å². The highest BCUT2D eigenvalue weighted by atomic mass is 79.9. The molecule has 0 saturated heterocycles. The molecule has 1 rings (SSSR count). The normalized spacial score (nSPS) is 10.8. The number of carbonyl (C=O) groups is 1. The topological polar surface area (TPSA) is 70.4 Å². The Morgan fingerprint density at radius 2 is 2.19 bits per heavy atom. The van der Waals surface area contributed by atoms with E-state index in [4.69, 9.17) is 5.11 Å². The van der Waals surface area contributed by atoms with Crippen LogP contribution in [-0.2, 0) is 16.5 Å². The van der Waals surface area contributed by atoms with Gasteiger partial charge in [-0.1, -0.05) is 15.9 Å². The number of carboxylic acids is 1. The third kappa shape index (κ3) is 2.66. The van der Waals surface area contributed by atoms with E-state index in [2.05, 4.69) is 20.9 Å². The van der Waals surface area contributed by atoms with Crippen molar-refractivity contribution in [2.24, 2.45) is 0 Å². The highest BCUT2D eigenvalue weighted by Gasteiger charge is 2.21. The maximum absolute atomic E-state index is 12.5. The largest absolute Gasteiger partial charge is 0.506 e. The van der Waals surface area contributed by atoms with Crippen molar-refractivity contribution >= 4 is 21.9 Å². The summed E-state index contributed by atoms with van der Waals surface area (Å²) in [5, 5.41) is 18.3. The molecule has 0 atom stereocenters. The molecule has 1 heterocycles. The van der Waals surface area contributed by atoms with Crippen LogP contribution in [0.5, 0.6) is 5.75 Å². The molecule has 0 aliphatic carbocycles. The SMILES string of the molecule is O=C(O)Cc1c(C(F)F)cnc(CBr)c1O. The van der Waals surface area contributed by atoms with Gasteiger partial charge >= 0.3 is 5.97 Å². The minimum Gasteiger partial charge on any atom is -0.506 e. The Kier molecular flexibility index (Phi) is 4.17. The van der Waals surface area contributed by atoms with Crippen molar-refractivity contribution < 1.29 is 23.8 Å². The first-order valence-corrected chi connectivity index (χ1v) is 5.35. The highest BCUT2D eigenvalue weighted by molar-refractivity contribution is 9.08. The molecule has 0 spiro atoms. The van der Waals surface area contributed by atoms with Gasteiger partial charge in [0.2, 0.25) is 0 Å². The van der Waals surface area contributed by atoms with E-state index < -0.39 is 30.1 Å². The Hall–Kier alpha value is -1.24. The molecule has 0 unspecified atom stereocenters. The fourth-order valence-electron chi connectivity index (χ4n) is 1.22. The van der Waals surface area contributed by atoms with Crippen LogP contribution >= 0.6 is 15.9 Å². The maximum Gasteiger partial charge on any atom is 0.307 e. The average molecular weight is 296 g/mol. The molecular formula is C9H8BrF2NO3. The van der Waals surface area contributed by atoms with E-state index in [9.17, 15) is 18.7 Å². The lowest BCUT2D eigenvalue weighted by atomic mass is 10.0. The first kappa shape index (κ1) is 12.8. The van der Waals surface area contributed by atoms with Crippen LogP contribution in [0.3, 0.4) is 0 Å². The van der Waals surface area contributed by atoms with Crippen molar-refractivity contribution in [2.45, 2.75) is 18.2 Å². The van der Waals surface area contributed by atoms with Gasteiger partial charge in [-0.25, -0.2) is 8.78 Å².